The highest BCUT2D eigenvalue weighted by molar-refractivity contribution is 5.41. The van der Waals surface area contributed by atoms with Crippen LogP contribution in [0.4, 0.5) is 0 Å². The van der Waals surface area contributed by atoms with Crippen molar-refractivity contribution >= 4 is 0 Å². The number of hydrogen-bond donors (Lipinski definition) is 0. The van der Waals surface area contributed by atoms with E-state index in [2.05, 4.69) is 67.3 Å². The van der Waals surface area contributed by atoms with E-state index in [1.807, 2.05) is 0 Å². The third kappa shape index (κ3) is 2.27. The van der Waals surface area contributed by atoms with E-state index in [1.165, 1.54) is 22.3 Å². The normalized spacial score (nSPS) is 27.5. The number of hydrogen-bond acceptors (Lipinski definition) is 2. The van der Waals surface area contributed by atoms with Crippen molar-refractivity contribution in [2.75, 3.05) is 13.1 Å². The Balaban J connectivity index is 1.61. The predicted octanol–water partition coefficient (Wildman–Crippen LogP) is 3.88. The highest BCUT2D eigenvalue weighted by atomic mass is 16.5. The Bertz CT molecular complexity index is 681. The molecular weight excluding hydrogens is 270 g/mol. The fraction of sp³-hybridized carbons (Fsp3) is 0.400. The van der Waals surface area contributed by atoms with Crippen LogP contribution in [-0.2, 0) is 17.9 Å². The average Bonchev–Trinajstić information content (AvgIpc) is 2.85. The van der Waals surface area contributed by atoms with E-state index in [0.29, 0.717) is 5.92 Å². The standard InChI is InChI=1S/C20H23NO/c1-15-7-6-10-17-18(15)13-22-20(2)14-21(12-19(17)20)11-16-8-4-3-5-9-16/h3-10,19H,11-14H2,1-2H3/t19-,20+/m1/s1. The molecular formula is C20H23NO. The van der Waals surface area contributed by atoms with Crippen LogP contribution in [0.15, 0.2) is 48.5 Å². The van der Waals surface area contributed by atoms with Crippen LogP contribution in [0.3, 0.4) is 0 Å². The summed E-state index contributed by atoms with van der Waals surface area (Å²) in [4.78, 5) is 2.54. The van der Waals surface area contributed by atoms with Gasteiger partial charge in [0.25, 0.3) is 0 Å². The minimum absolute atomic E-state index is 0.0461. The number of nitrogens with zero attached hydrogens (tertiary/aromatic N) is 1. The number of ether oxygens (including phenoxy) is 1. The average molecular weight is 293 g/mol. The largest absolute Gasteiger partial charge is 0.369 e. The Morgan fingerprint density at radius 1 is 1.14 bits per heavy atom. The molecule has 2 heteroatoms. The van der Waals surface area contributed by atoms with E-state index in [0.717, 1.165) is 26.2 Å². The van der Waals surface area contributed by atoms with Crippen molar-refractivity contribution in [2.45, 2.75) is 38.5 Å². The van der Waals surface area contributed by atoms with Gasteiger partial charge in [0.15, 0.2) is 0 Å². The van der Waals surface area contributed by atoms with E-state index in [-0.39, 0.29) is 5.60 Å². The molecule has 114 valence electrons. The van der Waals surface area contributed by atoms with Crippen molar-refractivity contribution < 1.29 is 4.74 Å². The molecule has 0 bridgehead atoms. The summed E-state index contributed by atoms with van der Waals surface area (Å²) in [6.07, 6.45) is 0. The molecule has 0 aromatic heterocycles. The lowest BCUT2D eigenvalue weighted by Crippen LogP contribution is -2.40. The van der Waals surface area contributed by atoms with Crippen LogP contribution in [0.5, 0.6) is 0 Å². The van der Waals surface area contributed by atoms with Crippen LogP contribution in [-0.4, -0.2) is 23.6 Å². The highest BCUT2D eigenvalue weighted by Gasteiger charge is 2.47. The second kappa shape index (κ2) is 5.22. The van der Waals surface area contributed by atoms with Crippen molar-refractivity contribution in [1.82, 2.24) is 4.90 Å². The van der Waals surface area contributed by atoms with Gasteiger partial charge in [-0.15, -0.1) is 0 Å². The topological polar surface area (TPSA) is 12.5 Å². The van der Waals surface area contributed by atoms with Gasteiger partial charge in [-0.25, -0.2) is 0 Å². The molecule has 2 aliphatic rings. The van der Waals surface area contributed by atoms with Crippen LogP contribution < -0.4 is 0 Å². The van der Waals surface area contributed by atoms with Gasteiger partial charge in [0.1, 0.15) is 0 Å². The lowest BCUT2D eigenvalue weighted by molar-refractivity contribution is -0.0570. The molecule has 2 atom stereocenters. The van der Waals surface area contributed by atoms with Gasteiger partial charge in [0, 0.05) is 25.6 Å². The van der Waals surface area contributed by atoms with Gasteiger partial charge < -0.3 is 4.74 Å². The molecule has 2 aromatic rings. The minimum Gasteiger partial charge on any atom is -0.369 e. The highest BCUT2D eigenvalue weighted by Crippen LogP contribution is 2.45. The molecule has 2 nitrogen and oxygen atoms in total. The number of rotatable bonds is 2. The summed E-state index contributed by atoms with van der Waals surface area (Å²) in [5.41, 5.74) is 5.61. The first-order valence-electron chi connectivity index (χ1n) is 8.14. The summed E-state index contributed by atoms with van der Waals surface area (Å²) in [5, 5.41) is 0. The maximum absolute atomic E-state index is 6.32. The number of benzene rings is 2. The second-order valence-electron chi connectivity index (χ2n) is 6.95. The summed E-state index contributed by atoms with van der Waals surface area (Å²) in [5.74, 6) is 0.486. The fourth-order valence-corrected chi connectivity index (χ4v) is 4.09. The van der Waals surface area contributed by atoms with E-state index in [9.17, 15) is 0 Å². The van der Waals surface area contributed by atoms with Gasteiger partial charge >= 0.3 is 0 Å². The number of likely N-dealkylation sites (tertiary alicyclic amines) is 1. The smallest absolute Gasteiger partial charge is 0.0865 e. The Morgan fingerprint density at radius 2 is 1.95 bits per heavy atom. The molecule has 0 radical (unpaired) electrons. The van der Waals surface area contributed by atoms with Gasteiger partial charge in [-0.1, -0.05) is 48.5 Å². The van der Waals surface area contributed by atoms with Gasteiger partial charge in [-0.05, 0) is 36.1 Å². The molecule has 0 saturated carbocycles. The number of aryl methyl sites for hydroxylation is 1. The lowest BCUT2D eigenvalue weighted by atomic mass is 9.80. The summed E-state index contributed by atoms with van der Waals surface area (Å²) in [6.45, 7) is 8.35. The van der Waals surface area contributed by atoms with Crippen LogP contribution in [0, 0.1) is 6.92 Å². The molecule has 2 aromatic carbocycles. The van der Waals surface area contributed by atoms with E-state index in [1.54, 1.807) is 0 Å². The Labute approximate surface area is 132 Å². The maximum Gasteiger partial charge on any atom is 0.0865 e. The van der Waals surface area contributed by atoms with E-state index < -0.39 is 0 Å². The first-order chi connectivity index (χ1) is 10.7. The molecule has 2 heterocycles. The van der Waals surface area contributed by atoms with Gasteiger partial charge in [-0.2, -0.15) is 0 Å². The van der Waals surface area contributed by atoms with Crippen molar-refractivity contribution in [3.63, 3.8) is 0 Å². The Morgan fingerprint density at radius 3 is 2.77 bits per heavy atom. The SMILES string of the molecule is Cc1cccc2c1CO[C@@]1(C)CN(Cc3ccccc3)C[C@H]21. The summed E-state index contributed by atoms with van der Waals surface area (Å²) >= 11 is 0. The zero-order valence-corrected chi connectivity index (χ0v) is 13.4. The summed E-state index contributed by atoms with van der Waals surface area (Å²) in [6, 6.07) is 17.4. The van der Waals surface area contributed by atoms with Crippen molar-refractivity contribution in [3.8, 4) is 0 Å². The molecule has 22 heavy (non-hydrogen) atoms. The number of fused-ring (bicyclic) bond motifs is 3. The third-order valence-electron chi connectivity index (χ3n) is 5.33. The van der Waals surface area contributed by atoms with Gasteiger partial charge in [0.2, 0.25) is 0 Å². The van der Waals surface area contributed by atoms with Gasteiger partial charge in [-0.3, -0.25) is 4.90 Å². The van der Waals surface area contributed by atoms with Crippen molar-refractivity contribution in [2.24, 2.45) is 0 Å². The zero-order chi connectivity index (χ0) is 15.2. The molecule has 1 fully saturated rings. The summed E-state index contributed by atoms with van der Waals surface area (Å²) in [7, 11) is 0. The molecule has 0 aliphatic carbocycles. The molecule has 0 amide bonds. The molecule has 2 aliphatic heterocycles. The minimum atomic E-state index is -0.0461. The van der Waals surface area contributed by atoms with Crippen molar-refractivity contribution in [3.05, 3.63) is 70.8 Å². The first kappa shape index (κ1) is 14.0. The third-order valence-corrected chi connectivity index (χ3v) is 5.33. The molecule has 0 N–H and O–H groups in total. The van der Waals surface area contributed by atoms with Crippen LogP contribution in [0.1, 0.15) is 35.1 Å². The molecule has 1 saturated heterocycles. The van der Waals surface area contributed by atoms with Crippen LogP contribution in [0.2, 0.25) is 0 Å². The van der Waals surface area contributed by atoms with E-state index >= 15 is 0 Å². The van der Waals surface area contributed by atoms with Crippen LogP contribution in [0.25, 0.3) is 0 Å². The predicted molar refractivity (Wildman–Crippen MR) is 88.8 cm³/mol. The Hall–Kier alpha value is -1.64. The van der Waals surface area contributed by atoms with Crippen molar-refractivity contribution in [1.29, 1.82) is 0 Å². The lowest BCUT2D eigenvalue weighted by Gasteiger charge is -2.37. The summed E-state index contributed by atoms with van der Waals surface area (Å²) < 4.78 is 6.32. The second-order valence-corrected chi connectivity index (χ2v) is 6.95. The zero-order valence-electron chi connectivity index (χ0n) is 13.4. The molecule has 4 rings (SSSR count). The van der Waals surface area contributed by atoms with Gasteiger partial charge in [0.05, 0.1) is 12.2 Å². The molecule has 0 spiro atoms. The fourth-order valence-electron chi connectivity index (χ4n) is 4.09. The quantitative estimate of drug-likeness (QED) is 0.833. The van der Waals surface area contributed by atoms with Crippen LogP contribution >= 0.6 is 0 Å². The monoisotopic (exact) mass is 293 g/mol. The maximum atomic E-state index is 6.32. The first-order valence-corrected chi connectivity index (χ1v) is 8.14. The van der Waals surface area contributed by atoms with E-state index in [4.69, 9.17) is 4.74 Å². The molecule has 0 unspecified atom stereocenters. The Kier molecular flexibility index (Phi) is 3.32.